The molecular weight excluding hydrogens is 340 g/mol. The number of amides is 1. The van der Waals surface area contributed by atoms with Crippen LogP contribution in [0, 0.1) is 6.92 Å². The highest BCUT2D eigenvalue weighted by Crippen LogP contribution is 2.29. The normalized spacial score (nSPS) is 11.9. The van der Waals surface area contributed by atoms with Crippen molar-refractivity contribution >= 4 is 39.1 Å². The summed E-state index contributed by atoms with van der Waals surface area (Å²) in [5.74, 6) is -0.478. The minimum atomic E-state index is -0.680. The minimum absolute atomic E-state index is 0.478. The summed E-state index contributed by atoms with van der Waals surface area (Å²) >= 11 is 9.55. The van der Waals surface area contributed by atoms with E-state index in [-0.39, 0.29) is 0 Å². The Kier molecular flexibility index (Phi) is 4.68. The molecule has 2 aromatic rings. The van der Waals surface area contributed by atoms with Gasteiger partial charge in [-0.25, -0.2) is 0 Å². The lowest BCUT2D eigenvalue weighted by atomic mass is 10.0. The first-order valence-electron chi connectivity index (χ1n) is 6.05. The highest BCUT2D eigenvalue weighted by molar-refractivity contribution is 9.10. The molecule has 104 valence electrons. The van der Waals surface area contributed by atoms with Crippen LogP contribution in [0.5, 0.6) is 0 Å². The number of primary amides is 1. The summed E-state index contributed by atoms with van der Waals surface area (Å²) in [6.07, 6.45) is 0. The predicted octanol–water partition coefficient (Wildman–Crippen LogP) is 4.05. The third-order valence-corrected chi connectivity index (χ3v) is 3.84. The summed E-state index contributed by atoms with van der Waals surface area (Å²) in [4.78, 5) is 11.8. The fraction of sp³-hybridized carbons (Fsp3) is 0.133. The fourth-order valence-corrected chi connectivity index (χ4v) is 2.53. The van der Waals surface area contributed by atoms with Crippen LogP contribution >= 0.6 is 27.5 Å². The topological polar surface area (TPSA) is 55.1 Å². The van der Waals surface area contributed by atoms with Crippen LogP contribution in [0.25, 0.3) is 0 Å². The average molecular weight is 354 g/mol. The number of rotatable bonds is 4. The summed E-state index contributed by atoms with van der Waals surface area (Å²) < 4.78 is 0.842. The van der Waals surface area contributed by atoms with Crippen molar-refractivity contribution in [2.24, 2.45) is 5.73 Å². The van der Waals surface area contributed by atoms with Crippen LogP contribution in [0.15, 0.2) is 46.9 Å². The van der Waals surface area contributed by atoms with E-state index in [4.69, 9.17) is 17.3 Å². The number of benzene rings is 2. The molecule has 1 unspecified atom stereocenters. The minimum Gasteiger partial charge on any atom is -0.370 e. The van der Waals surface area contributed by atoms with Crippen LogP contribution in [-0.2, 0) is 4.79 Å². The van der Waals surface area contributed by atoms with Gasteiger partial charge >= 0.3 is 0 Å². The number of para-hydroxylation sites is 1. The Labute approximate surface area is 131 Å². The Balaban J connectivity index is 2.40. The molecule has 0 bridgehead atoms. The maximum Gasteiger partial charge on any atom is 0.244 e. The van der Waals surface area contributed by atoms with Crippen molar-refractivity contribution in [3.8, 4) is 0 Å². The van der Waals surface area contributed by atoms with E-state index in [9.17, 15) is 4.79 Å². The zero-order chi connectivity index (χ0) is 14.7. The summed E-state index contributed by atoms with van der Waals surface area (Å²) in [5.41, 5.74) is 8.05. The Morgan fingerprint density at radius 1 is 1.30 bits per heavy atom. The van der Waals surface area contributed by atoms with E-state index in [1.165, 1.54) is 0 Å². The van der Waals surface area contributed by atoms with Gasteiger partial charge in [-0.3, -0.25) is 4.79 Å². The lowest BCUT2D eigenvalue weighted by molar-refractivity contribution is -0.118. The van der Waals surface area contributed by atoms with Crippen molar-refractivity contribution in [3.05, 3.63) is 63.1 Å². The number of nitrogens with one attached hydrogen (secondary N) is 1. The number of halogens is 2. The number of aryl methyl sites for hydroxylation is 1. The molecule has 1 atom stereocenters. The second-order valence-electron chi connectivity index (χ2n) is 4.46. The first-order chi connectivity index (χ1) is 9.49. The van der Waals surface area contributed by atoms with Crippen LogP contribution in [0.4, 0.5) is 5.69 Å². The second kappa shape index (κ2) is 6.29. The van der Waals surface area contributed by atoms with E-state index in [1.807, 2.05) is 37.3 Å². The summed E-state index contributed by atoms with van der Waals surface area (Å²) in [6.45, 7) is 1.96. The molecule has 20 heavy (non-hydrogen) atoms. The van der Waals surface area contributed by atoms with Gasteiger partial charge < -0.3 is 11.1 Å². The standard InChI is InChI=1S/C15H14BrClN2O/c1-9-4-2-3-5-13(9)19-14(15(18)20)11-8-10(16)6-7-12(11)17/h2-8,14,19H,1H3,(H2,18,20). The monoisotopic (exact) mass is 352 g/mol. The summed E-state index contributed by atoms with van der Waals surface area (Å²) in [7, 11) is 0. The molecule has 0 aliphatic heterocycles. The lowest BCUT2D eigenvalue weighted by Crippen LogP contribution is -2.28. The van der Waals surface area contributed by atoms with Crippen LogP contribution in [0.2, 0.25) is 5.02 Å². The molecule has 5 heteroatoms. The molecular formula is C15H14BrClN2O. The van der Waals surface area contributed by atoms with E-state index in [0.29, 0.717) is 10.6 Å². The van der Waals surface area contributed by atoms with E-state index in [2.05, 4.69) is 21.2 Å². The van der Waals surface area contributed by atoms with Gasteiger partial charge in [-0.15, -0.1) is 0 Å². The van der Waals surface area contributed by atoms with Gasteiger partial charge in [-0.1, -0.05) is 45.7 Å². The Bertz CT molecular complexity index is 646. The molecule has 0 heterocycles. The van der Waals surface area contributed by atoms with Crippen molar-refractivity contribution in [3.63, 3.8) is 0 Å². The fourth-order valence-electron chi connectivity index (χ4n) is 1.93. The van der Waals surface area contributed by atoms with Gasteiger partial charge in [-0.2, -0.15) is 0 Å². The molecule has 0 radical (unpaired) electrons. The number of hydrogen-bond donors (Lipinski definition) is 2. The van der Waals surface area contributed by atoms with Crippen molar-refractivity contribution in [2.45, 2.75) is 13.0 Å². The predicted molar refractivity (Wildman–Crippen MR) is 85.9 cm³/mol. The number of carbonyl (C=O) groups excluding carboxylic acids is 1. The highest BCUT2D eigenvalue weighted by atomic mass is 79.9. The largest absolute Gasteiger partial charge is 0.370 e. The zero-order valence-corrected chi connectivity index (χ0v) is 13.2. The quantitative estimate of drug-likeness (QED) is 0.871. The molecule has 0 aromatic heterocycles. The van der Waals surface area contributed by atoms with E-state index < -0.39 is 11.9 Å². The van der Waals surface area contributed by atoms with Crippen molar-refractivity contribution in [1.29, 1.82) is 0 Å². The van der Waals surface area contributed by atoms with Gasteiger partial charge in [0.2, 0.25) is 5.91 Å². The lowest BCUT2D eigenvalue weighted by Gasteiger charge is -2.20. The molecule has 0 fully saturated rings. The first-order valence-corrected chi connectivity index (χ1v) is 7.22. The van der Waals surface area contributed by atoms with E-state index in [1.54, 1.807) is 12.1 Å². The number of hydrogen-bond acceptors (Lipinski definition) is 2. The van der Waals surface area contributed by atoms with Crippen molar-refractivity contribution in [1.82, 2.24) is 0 Å². The van der Waals surface area contributed by atoms with Gasteiger partial charge in [0.1, 0.15) is 6.04 Å². The van der Waals surface area contributed by atoms with Crippen molar-refractivity contribution < 1.29 is 4.79 Å². The van der Waals surface area contributed by atoms with Gasteiger partial charge in [0.25, 0.3) is 0 Å². The molecule has 0 saturated carbocycles. The molecule has 0 aliphatic rings. The third kappa shape index (κ3) is 3.32. The summed E-state index contributed by atoms with van der Waals surface area (Å²) in [6, 6.07) is 12.4. The van der Waals surface area contributed by atoms with Gasteiger partial charge in [0, 0.05) is 20.7 Å². The maximum atomic E-state index is 11.8. The van der Waals surface area contributed by atoms with Gasteiger partial charge in [0.15, 0.2) is 0 Å². The maximum absolute atomic E-state index is 11.8. The Morgan fingerprint density at radius 3 is 2.65 bits per heavy atom. The van der Waals surface area contributed by atoms with Crippen molar-refractivity contribution in [2.75, 3.05) is 5.32 Å². The molecule has 3 nitrogen and oxygen atoms in total. The van der Waals surface area contributed by atoms with Crippen LogP contribution in [0.1, 0.15) is 17.2 Å². The molecule has 2 rings (SSSR count). The first kappa shape index (κ1) is 14.9. The number of nitrogens with two attached hydrogens (primary N) is 1. The summed E-state index contributed by atoms with van der Waals surface area (Å²) in [5, 5.41) is 3.65. The van der Waals surface area contributed by atoms with Gasteiger partial charge in [0.05, 0.1) is 0 Å². The number of carbonyl (C=O) groups is 1. The third-order valence-electron chi connectivity index (χ3n) is 3.00. The van der Waals surface area contributed by atoms with Gasteiger partial charge in [-0.05, 0) is 36.8 Å². The molecule has 1 amide bonds. The molecule has 0 saturated heterocycles. The van der Waals surface area contributed by atoms with Crippen LogP contribution in [-0.4, -0.2) is 5.91 Å². The van der Waals surface area contributed by atoms with Crippen LogP contribution < -0.4 is 11.1 Å². The Morgan fingerprint density at radius 2 is 2.00 bits per heavy atom. The Hall–Kier alpha value is -1.52. The zero-order valence-electron chi connectivity index (χ0n) is 10.9. The molecule has 0 spiro atoms. The SMILES string of the molecule is Cc1ccccc1NC(C(N)=O)c1cc(Br)ccc1Cl. The molecule has 0 aliphatic carbocycles. The van der Waals surface area contributed by atoms with E-state index in [0.717, 1.165) is 15.7 Å². The highest BCUT2D eigenvalue weighted by Gasteiger charge is 2.21. The second-order valence-corrected chi connectivity index (χ2v) is 5.78. The molecule has 3 N–H and O–H groups in total. The average Bonchev–Trinajstić information content (AvgIpc) is 2.40. The van der Waals surface area contributed by atoms with Crippen LogP contribution in [0.3, 0.4) is 0 Å². The molecule has 2 aromatic carbocycles. The smallest absolute Gasteiger partial charge is 0.244 e. The number of anilines is 1. The van der Waals surface area contributed by atoms with E-state index >= 15 is 0 Å².